The Morgan fingerprint density at radius 1 is 1.42 bits per heavy atom. The molecule has 0 amide bonds. The van der Waals surface area contributed by atoms with Gasteiger partial charge < -0.3 is 5.32 Å². The molecule has 1 atom stereocenters. The Bertz CT molecular complexity index is 607. The van der Waals surface area contributed by atoms with E-state index in [1.54, 1.807) is 24.5 Å². The first-order valence-corrected chi connectivity index (χ1v) is 6.59. The Labute approximate surface area is 117 Å². The van der Waals surface area contributed by atoms with Gasteiger partial charge in [-0.25, -0.2) is 4.98 Å². The van der Waals surface area contributed by atoms with Crippen molar-refractivity contribution >= 4 is 17.4 Å². The highest BCUT2D eigenvalue weighted by molar-refractivity contribution is 6.30. The molecule has 0 aliphatic heterocycles. The third-order valence-electron chi connectivity index (χ3n) is 2.93. The molecular weight excluding hydrogens is 262 g/mol. The average Bonchev–Trinajstić information content (AvgIpc) is 2.43. The zero-order valence-corrected chi connectivity index (χ0v) is 11.7. The first-order valence-electron chi connectivity index (χ1n) is 6.22. The fourth-order valence-corrected chi connectivity index (χ4v) is 1.80. The van der Waals surface area contributed by atoms with Crippen molar-refractivity contribution in [3.8, 4) is 5.69 Å². The number of nitrogens with one attached hydrogen (secondary N) is 1. The Kier molecular flexibility index (Phi) is 4.22. The van der Waals surface area contributed by atoms with Crippen molar-refractivity contribution in [2.75, 3.05) is 5.32 Å². The number of pyridine rings is 2. The summed E-state index contributed by atoms with van der Waals surface area (Å²) in [4.78, 5) is 16.2. The Morgan fingerprint density at radius 2 is 2.21 bits per heavy atom. The van der Waals surface area contributed by atoms with Crippen LogP contribution in [0, 0.1) is 0 Å². The number of aromatic nitrogens is 2. The van der Waals surface area contributed by atoms with Crippen LogP contribution in [0.15, 0.2) is 41.5 Å². The zero-order chi connectivity index (χ0) is 13.8. The smallest absolute Gasteiger partial charge is 0.273 e. The Morgan fingerprint density at radius 3 is 2.84 bits per heavy atom. The second-order valence-electron chi connectivity index (χ2n) is 4.39. The molecule has 100 valence electrons. The summed E-state index contributed by atoms with van der Waals surface area (Å²) in [5, 5.41) is 3.47. The molecule has 0 aromatic carbocycles. The number of hydrogen-bond donors (Lipinski definition) is 1. The summed E-state index contributed by atoms with van der Waals surface area (Å²) in [7, 11) is 0. The van der Waals surface area contributed by atoms with E-state index < -0.39 is 0 Å². The number of rotatable bonds is 4. The summed E-state index contributed by atoms with van der Waals surface area (Å²) in [5.41, 5.74) is 0.454. The van der Waals surface area contributed by atoms with E-state index in [0.29, 0.717) is 11.7 Å². The molecule has 4 nitrogen and oxygen atoms in total. The molecule has 1 N–H and O–H groups in total. The Hall–Kier alpha value is -1.81. The van der Waals surface area contributed by atoms with Gasteiger partial charge in [-0.2, -0.15) is 0 Å². The first-order chi connectivity index (χ1) is 9.11. The lowest BCUT2D eigenvalue weighted by Crippen LogP contribution is -2.18. The largest absolute Gasteiger partial charge is 0.368 e. The van der Waals surface area contributed by atoms with Crippen LogP contribution in [0.5, 0.6) is 0 Å². The van der Waals surface area contributed by atoms with Crippen LogP contribution >= 0.6 is 11.6 Å². The van der Waals surface area contributed by atoms with Crippen LogP contribution in [0.25, 0.3) is 5.69 Å². The molecule has 2 heterocycles. The van der Waals surface area contributed by atoms with Gasteiger partial charge in [0.05, 0.1) is 11.9 Å². The Balaban J connectivity index is 2.28. The summed E-state index contributed by atoms with van der Waals surface area (Å²) >= 11 is 5.82. The van der Waals surface area contributed by atoms with Crippen molar-refractivity contribution in [3.63, 3.8) is 0 Å². The molecule has 0 spiro atoms. The van der Waals surface area contributed by atoms with Crippen LogP contribution < -0.4 is 10.9 Å². The predicted molar refractivity (Wildman–Crippen MR) is 78.2 cm³/mol. The maximum Gasteiger partial charge on any atom is 0.273 e. The normalized spacial score (nSPS) is 12.2. The lowest BCUT2D eigenvalue weighted by atomic mass is 10.2. The minimum absolute atomic E-state index is 0.198. The lowest BCUT2D eigenvalue weighted by molar-refractivity contribution is 0.759. The molecule has 0 bridgehead atoms. The highest BCUT2D eigenvalue weighted by Gasteiger charge is 2.04. The second-order valence-corrected chi connectivity index (χ2v) is 4.79. The van der Waals surface area contributed by atoms with Gasteiger partial charge in [0.15, 0.2) is 0 Å². The number of hydrogen-bond acceptors (Lipinski definition) is 3. The first kappa shape index (κ1) is 13.6. The minimum atomic E-state index is -0.242. The fraction of sp³-hybridized carbons (Fsp3) is 0.286. The molecule has 0 fully saturated rings. The SMILES string of the molecule is CCC(C)Nc1ccc(-n2cccc(Cl)c2=O)cn1. The highest BCUT2D eigenvalue weighted by atomic mass is 35.5. The monoisotopic (exact) mass is 277 g/mol. The van der Waals surface area contributed by atoms with Gasteiger partial charge in [-0.3, -0.25) is 9.36 Å². The number of nitrogens with zero attached hydrogens (tertiary/aromatic N) is 2. The van der Waals surface area contributed by atoms with Crippen molar-refractivity contribution in [1.82, 2.24) is 9.55 Å². The molecule has 0 radical (unpaired) electrons. The summed E-state index contributed by atoms with van der Waals surface area (Å²) in [6.45, 7) is 4.20. The molecule has 1 unspecified atom stereocenters. The molecule has 0 saturated carbocycles. The van der Waals surface area contributed by atoms with Crippen molar-refractivity contribution in [3.05, 3.63) is 52.0 Å². The molecule has 5 heteroatoms. The minimum Gasteiger partial charge on any atom is -0.368 e. The van der Waals surface area contributed by atoms with E-state index in [9.17, 15) is 4.79 Å². The van der Waals surface area contributed by atoms with Crippen molar-refractivity contribution in [2.24, 2.45) is 0 Å². The molecular formula is C14H16ClN3O. The van der Waals surface area contributed by atoms with Crippen molar-refractivity contribution in [2.45, 2.75) is 26.3 Å². The second kappa shape index (κ2) is 5.89. The van der Waals surface area contributed by atoms with Crippen LogP contribution in [0.3, 0.4) is 0 Å². The van der Waals surface area contributed by atoms with Crippen LogP contribution in [0.1, 0.15) is 20.3 Å². The van der Waals surface area contributed by atoms with Crippen LogP contribution in [0.4, 0.5) is 5.82 Å². The fourth-order valence-electron chi connectivity index (χ4n) is 1.64. The van der Waals surface area contributed by atoms with E-state index in [0.717, 1.165) is 12.2 Å². The van der Waals surface area contributed by atoms with Gasteiger partial charge in [-0.15, -0.1) is 0 Å². The maximum atomic E-state index is 11.9. The number of anilines is 1. The van der Waals surface area contributed by atoms with Gasteiger partial charge in [0.1, 0.15) is 10.8 Å². The van der Waals surface area contributed by atoms with Crippen LogP contribution in [-0.2, 0) is 0 Å². The quantitative estimate of drug-likeness (QED) is 0.934. The highest BCUT2D eigenvalue weighted by Crippen LogP contribution is 2.11. The van der Waals surface area contributed by atoms with E-state index in [1.165, 1.54) is 4.57 Å². The average molecular weight is 278 g/mol. The van der Waals surface area contributed by atoms with Gasteiger partial charge in [0.2, 0.25) is 0 Å². The van der Waals surface area contributed by atoms with Gasteiger partial charge in [0.25, 0.3) is 5.56 Å². The van der Waals surface area contributed by atoms with E-state index in [2.05, 4.69) is 24.1 Å². The third-order valence-corrected chi connectivity index (χ3v) is 3.22. The van der Waals surface area contributed by atoms with Gasteiger partial charge in [-0.1, -0.05) is 18.5 Å². The van der Waals surface area contributed by atoms with Gasteiger partial charge >= 0.3 is 0 Å². The predicted octanol–water partition coefficient (Wildman–Crippen LogP) is 3.10. The molecule has 0 aliphatic rings. The topological polar surface area (TPSA) is 46.9 Å². The standard InChI is InChI=1S/C14H16ClN3O/c1-3-10(2)17-13-7-6-11(9-16-13)18-8-4-5-12(15)14(18)19/h4-10H,3H2,1-2H3,(H,16,17). The summed E-state index contributed by atoms with van der Waals surface area (Å²) < 4.78 is 1.47. The third kappa shape index (κ3) is 3.15. The van der Waals surface area contributed by atoms with E-state index in [1.807, 2.05) is 12.1 Å². The van der Waals surface area contributed by atoms with E-state index >= 15 is 0 Å². The molecule has 2 aromatic rings. The van der Waals surface area contributed by atoms with Crippen LogP contribution in [0.2, 0.25) is 5.02 Å². The molecule has 2 rings (SSSR count). The summed E-state index contributed by atoms with van der Waals surface area (Å²) in [6, 6.07) is 7.37. The van der Waals surface area contributed by atoms with Crippen LogP contribution in [-0.4, -0.2) is 15.6 Å². The van der Waals surface area contributed by atoms with E-state index in [-0.39, 0.29) is 10.6 Å². The van der Waals surface area contributed by atoms with Gasteiger partial charge in [0, 0.05) is 12.2 Å². The summed E-state index contributed by atoms with van der Waals surface area (Å²) in [5.74, 6) is 0.799. The lowest BCUT2D eigenvalue weighted by Gasteiger charge is -2.12. The van der Waals surface area contributed by atoms with Crippen molar-refractivity contribution < 1.29 is 0 Å². The zero-order valence-electron chi connectivity index (χ0n) is 10.9. The number of halogens is 1. The molecule has 0 aliphatic carbocycles. The van der Waals surface area contributed by atoms with Gasteiger partial charge in [-0.05, 0) is 37.6 Å². The molecule has 2 aromatic heterocycles. The molecule has 0 saturated heterocycles. The summed E-state index contributed by atoms with van der Waals surface area (Å²) in [6.07, 6.45) is 4.35. The molecule has 19 heavy (non-hydrogen) atoms. The van der Waals surface area contributed by atoms with E-state index in [4.69, 9.17) is 11.6 Å². The van der Waals surface area contributed by atoms with Crippen molar-refractivity contribution in [1.29, 1.82) is 0 Å². The maximum absolute atomic E-state index is 11.9.